The van der Waals surface area contributed by atoms with Crippen LogP contribution in [0.15, 0.2) is 42.5 Å². The van der Waals surface area contributed by atoms with Crippen molar-refractivity contribution < 1.29 is 9.59 Å². The topological polar surface area (TPSA) is 64.7 Å². The van der Waals surface area contributed by atoms with Crippen molar-refractivity contribution in [2.24, 2.45) is 0 Å². The minimum Gasteiger partial charge on any atom is -0.369 e. The van der Waals surface area contributed by atoms with Crippen LogP contribution < -0.4 is 15.5 Å². The molecule has 2 amide bonds. The second-order valence-corrected chi connectivity index (χ2v) is 8.40. The van der Waals surface area contributed by atoms with Crippen LogP contribution in [0.4, 0.5) is 5.69 Å². The van der Waals surface area contributed by atoms with E-state index >= 15 is 0 Å². The summed E-state index contributed by atoms with van der Waals surface area (Å²) in [7, 11) is 3.79. The van der Waals surface area contributed by atoms with Crippen molar-refractivity contribution in [2.75, 3.05) is 45.2 Å². The van der Waals surface area contributed by atoms with Crippen LogP contribution in [-0.2, 0) is 11.2 Å². The summed E-state index contributed by atoms with van der Waals surface area (Å²) in [5.41, 5.74) is 4.93. The van der Waals surface area contributed by atoms with Crippen molar-refractivity contribution in [1.82, 2.24) is 15.5 Å². The molecule has 6 nitrogen and oxygen atoms in total. The van der Waals surface area contributed by atoms with Crippen LogP contribution in [0.5, 0.6) is 0 Å². The van der Waals surface area contributed by atoms with Crippen LogP contribution in [0.1, 0.15) is 46.4 Å². The number of hydrogen-bond donors (Lipinski definition) is 2. The van der Waals surface area contributed by atoms with Crippen molar-refractivity contribution in [3.05, 3.63) is 64.7 Å². The lowest BCUT2D eigenvalue weighted by atomic mass is 10.0. The van der Waals surface area contributed by atoms with Gasteiger partial charge in [-0.1, -0.05) is 30.3 Å². The Labute approximate surface area is 185 Å². The van der Waals surface area contributed by atoms with Gasteiger partial charge in [-0.15, -0.1) is 0 Å². The van der Waals surface area contributed by atoms with Crippen molar-refractivity contribution in [3.8, 4) is 0 Å². The molecule has 6 heteroatoms. The van der Waals surface area contributed by atoms with Crippen LogP contribution in [0, 0.1) is 6.92 Å². The second-order valence-electron chi connectivity index (χ2n) is 8.40. The number of hydrogen-bond acceptors (Lipinski definition) is 4. The van der Waals surface area contributed by atoms with Gasteiger partial charge < -0.3 is 20.4 Å². The molecule has 0 aliphatic carbocycles. The molecule has 1 aliphatic rings. The second kappa shape index (κ2) is 10.4. The SMILES string of the molecule is CNC(=O)CCc1cccc([C@@H](C)NC(=O)c2cc(N3CCN(C)CC3)ccc2C)c1. The molecule has 1 heterocycles. The van der Waals surface area contributed by atoms with Gasteiger partial charge in [0.1, 0.15) is 0 Å². The van der Waals surface area contributed by atoms with E-state index in [9.17, 15) is 9.59 Å². The number of carbonyl (C=O) groups excluding carboxylic acids is 2. The fraction of sp³-hybridized carbons (Fsp3) is 0.440. The van der Waals surface area contributed by atoms with Gasteiger partial charge in [0.05, 0.1) is 6.04 Å². The molecule has 31 heavy (non-hydrogen) atoms. The van der Waals surface area contributed by atoms with E-state index in [2.05, 4.69) is 39.6 Å². The first-order chi connectivity index (χ1) is 14.9. The highest BCUT2D eigenvalue weighted by Gasteiger charge is 2.18. The van der Waals surface area contributed by atoms with Crippen molar-refractivity contribution in [3.63, 3.8) is 0 Å². The van der Waals surface area contributed by atoms with E-state index in [1.54, 1.807) is 7.05 Å². The van der Waals surface area contributed by atoms with Crippen molar-refractivity contribution in [2.45, 2.75) is 32.7 Å². The number of piperazine rings is 1. The van der Waals surface area contributed by atoms with Gasteiger partial charge in [0.2, 0.25) is 5.91 Å². The average Bonchev–Trinajstić information content (AvgIpc) is 2.78. The Balaban J connectivity index is 1.68. The Bertz CT molecular complexity index is 919. The molecule has 1 saturated heterocycles. The van der Waals surface area contributed by atoms with Crippen LogP contribution in [0.2, 0.25) is 0 Å². The number of likely N-dealkylation sites (N-methyl/N-ethyl adjacent to an activating group) is 1. The first-order valence-corrected chi connectivity index (χ1v) is 11.0. The number of carbonyl (C=O) groups is 2. The van der Waals surface area contributed by atoms with E-state index in [0.29, 0.717) is 12.8 Å². The molecule has 0 radical (unpaired) electrons. The minimum absolute atomic E-state index is 0.0301. The quantitative estimate of drug-likeness (QED) is 0.720. The van der Waals surface area contributed by atoms with Crippen LogP contribution in [-0.4, -0.2) is 57.0 Å². The molecular formula is C25H34N4O2. The molecule has 0 spiro atoms. The van der Waals surface area contributed by atoms with Gasteiger partial charge in [-0.25, -0.2) is 0 Å². The number of amides is 2. The van der Waals surface area contributed by atoms with Gasteiger partial charge in [0.25, 0.3) is 5.91 Å². The standard InChI is InChI=1S/C25H34N4O2/c1-18-8-10-22(29-14-12-28(4)13-15-29)17-23(18)25(31)27-19(2)21-7-5-6-20(16-21)9-11-24(30)26-3/h5-8,10,16-17,19H,9,11-15H2,1-4H3,(H,26,30)(H,27,31)/t19-/m1/s1. The maximum Gasteiger partial charge on any atom is 0.252 e. The summed E-state index contributed by atoms with van der Waals surface area (Å²) in [5.74, 6) is -0.0285. The number of benzene rings is 2. The molecule has 0 bridgehead atoms. The fourth-order valence-electron chi connectivity index (χ4n) is 3.87. The zero-order valence-electron chi connectivity index (χ0n) is 19.1. The van der Waals surface area contributed by atoms with E-state index in [4.69, 9.17) is 0 Å². The normalized spacial score (nSPS) is 15.4. The molecule has 0 unspecified atom stereocenters. The smallest absolute Gasteiger partial charge is 0.252 e. The number of aryl methyl sites for hydroxylation is 2. The Kier molecular flexibility index (Phi) is 7.69. The molecular weight excluding hydrogens is 388 g/mol. The monoisotopic (exact) mass is 422 g/mol. The molecule has 2 aromatic rings. The highest BCUT2D eigenvalue weighted by molar-refractivity contribution is 5.96. The highest BCUT2D eigenvalue weighted by Crippen LogP contribution is 2.22. The Morgan fingerprint density at radius 2 is 1.81 bits per heavy atom. The molecule has 3 rings (SSSR count). The predicted octanol–water partition coefficient (Wildman–Crippen LogP) is 2.92. The highest BCUT2D eigenvalue weighted by atomic mass is 16.2. The predicted molar refractivity (Wildman–Crippen MR) is 126 cm³/mol. The molecule has 2 N–H and O–H groups in total. The average molecular weight is 423 g/mol. The third-order valence-corrected chi connectivity index (χ3v) is 6.05. The maximum absolute atomic E-state index is 13.1. The molecule has 2 aromatic carbocycles. The number of rotatable bonds is 7. The van der Waals surface area contributed by atoms with Gasteiger partial charge in [0, 0.05) is 50.9 Å². The minimum atomic E-state index is -0.126. The first-order valence-electron chi connectivity index (χ1n) is 11.0. The zero-order valence-corrected chi connectivity index (χ0v) is 19.1. The number of nitrogens with zero attached hydrogens (tertiary/aromatic N) is 2. The summed E-state index contributed by atoms with van der Waals surface area (Å²) in [4.78, 5) is 29.3. The maximum atomic E-state index is 13.1. The van der Waals surface area contributed by atoms with Gasteiger partial charge in [-0.05, 0) is 56.1 Å². The molecule has 1 atom stereocenters. The molecule has 166 valence electrons. The van der Waals surface area contributed by atoms with E-state index < -0.39 is 0 Å². The van der Waals surface area contributed by atoms with Crippen LogP contribution >= 0.6 is 0 Å². The summed E-state index contributed by atoms with van der Waals surface area (Å²) in [6.07, 6.45) is 1.14. The summed E-state index contributed by atoms with van der Waals surface area (Å²) in [5, 5.41) is 5.80. The first kappa shape index (κ1) is 22.8. The lowest BCUT2D eigenvalue weighted by molar-refractivity contribution is -0.120. The van der Waals surface area contributed by atoms with Gasteiger partial charge in [-0.2, -0.15) is 0 Å². The van der Waals surface area contributed by atoms with Crippen molar-refractivity contribution >= 4 is 17.5 Å². The van der Waals surface area contributed by atoms with E-state index in [1.807, 2.05) is 44.2 Å². The third-order valence-electron chi connectivity index (χ3n) is 6.05. The summed E-state index contributed by atoms with van der Waals surface area (Å²) < 4.78 is 0. The summed E-state index contributed by atoms with van der Waals surface area (Å²) >= 11 is 0. The van der Waals surface area contributed by atoms with Gasteiger partial charge >= 0.3 is 0 Å². The molecule has 0 saturated carbocycles. The van der Waals surface area contributed by atoms with Crippen molar-refractivity contribution in [1.29, 1.82) is 0 Å². The van der Waals surface area contributed by atoms with Crippen LogP contribution in [0.3, 0.4) is 0 Å². The fourth-order valence-corrected chi connectivity index (χ4v) is 3.87. The van der Waals surface area contributed by atoms with Gasteiger partial charge in [-0.3, -0.25) is 9.59 Å². The largest absolute Gasteiger partial charge is 0.369 e. The third kappa shape index (κ3) is 6.07. The number of anilines is 1. The van der Waals surface area contributed by atoms with Crippen LogP contribution in [0.25, 0.3) is 0 Å². The number of nitrogens with one attached hydrogen (secondary N) is 2. The Hall–Kier alpha value is -2.86. The Morgan fingerprint density at radius 1 is 1.06 bits per heavy atom. The molecule has 1 fully saturated rings. The Morgan fingerprint density at radius 3 is 2.52 bits per heavy atom. The van der Waals surface area contributed by atoms with E-state index in [-0.39, 0.29) is 17.9 Å². The molecule has 1 aliphatic heterocycles. The summed E-state index contributed by atoms with van der Waals surface area (Å²) in [6.45, 7) is 7.98. The summed E-state index contributed by atoms with van der Waals surface area (Å²) in [6, 6.07) is 14.1. The van der Waals surface area contributed by atoms with E-state index in [1.165, 1.54) is 0 Å². The zero-order chi connectivity index (χ0) is 22.4. The lowest BCUT2D eigenvalue weighted by Crippen LogP contribution is -2.44. The van der Waals surface area contributed by atoms with E-state index in [0.717, 1.165) is 54.1 Å². The molecule has 0 aromatic heterocycles. The lowest BCUT2D eigenvalue weighted by Gasteiger charge is -2.34. The van der Waals surface area contributed by atoms with Gasteiger partial charge in [0.15, 0.2) is 0 Å².